The quantitative estimate of drug-likeness (QED) is 0.128. The number of alkyl halides is 3. The van der Waals surface area contributed by atoms with Gasteiger partial charge in [-0.3, -0.25) is 9.59 Å². The number of hydrogen-bond donors (Lipinski definition) is 0. The Morgan fingerprint density at radius 1 is 0.562 bits per heavy atom. The number of benzene rings is 5. The Hall–Kier alpha value is -2.91. The fourth-order valence-electron chi connectivity index (χ4n) is 4.49. The zero-order chi connectivity index (χ0) is 22.4. The van der Waals surface area contributed by atoms with Gasteiger partial charge >= 0.3 is 0 Å². The van der Waals surface area contributed by atoms with Crippen LogP contribution in [0.15, 0.2) is 78.9 Å². The Kier molecular flexibility index (Phi) is 5.38. The van der Waals surface area contributed by atoms with Gasteiger partial charge < -0.3 is 0 Å². The second-order valence-electron chi connectivity index (χ2n) is 7.52. The van der Waals surface area contributed by atoms with Crippen LogP contribution in [0.2, 0.25) is 0 Å². The predicted octanol–water partition coefficient (Wildman–Crippen LogP) is 8.06. The lowest BCUT2D eigenvalue weighted by Crippen LogP contribution is -2.16. The SMILES string of the molecule is ClC(Cl)Cl.O=C1C=Cc2ccc3ccc4ccc5ccc6ccccc6c5c4c3c2C1=O. The van der Waals surface area contributed by atoms with Crippen LogP contribution in [-0.4, -0.2) is 15.9 Å². The number of halogens is 3. The minimum atomic E-state index is -0.750. The van der Waals surface area contributed by atoms with Crippen LogP contribution in [0.3, 0.4) is 0 Å². The molecule has 0 aliphatic heterocycles. The van der Waals surface area contributed by atoms with Crippen molar-refractivity contribution in [1.29, 1.82) is 0 Å². The van der Waals surface area contributed by atoms with E-state index in [0.717, 1.165) is 48.7 Å². The lowest BCUT2D eigenvalue weighted by Gasteiger charge is -2.16. The Bertz CT molecular complexity index is 1590. The van der Waals surface area contributed by atoms with Crippen molar-refractivity contribution >= 4 is 95.5 Å². The molecule has 0 saturated carbocycles. The largest absolute Gasteiger partial charge is 0.286 e. The zero-order valence-electron chi connectivity index (χ0n) is 16.6. The topological polar surface area (TPSA) is 34.1 Å². The van der Waals surface area contributed by atoms with Crippen LogP contribution in [0, 0.1) is 0 Å². The molecule has 0 atom stereocenters. The molecule has 6 rings (SSSR count). The van der Waals surface area contributed by atoms with Crippen LogP contribution in [0.1, 0.15) is 15.9 Å². The number of allylic oxidation sites excluding steroid dienone is 1. The Labute approximate surface area is 199 Å². The molecule has 0 radical (unpaired) electrons. The van der Waals surface area contributed by atoms with Gasteiger partial charge in [0.2, 0.25) is 11.6 Å². The summed E-state index contributed by atoms with van der Waals surface area (Å²) in [4.78, 5) is 25.0. The summed E-state index contributed by atoms with van der Waals surface area (Å²) in [5.74, 6) is -0.880. The highest BCUT2D eigenvalue weighted by atomic mass is 35.6. The van der Waals surface area contributed by atoms with E-state index in [2.05, 4.69) is 42.5 Å². The maximum Gasteiger partial charge on any atom is 0.234 e. The molecule has 0 fully saturated rings. The zero-order valence-corrected chi connectivity index (χ0v) is 18.9. The first-order valence-electron chi connectivity index (χ1n) is 9.94. The number of fused-ring (bicyclic) bond motifs is 9. The molecule has 0 N–H and O–H groups in total. The number of hydrogen-bond acceptors (Lipinski definition) is 2. The van der Waals surface area contributed by atoms with Crippen molar-refractivity contribution in [3.05, 3.63) is 90.0 Å². The van der Waals surface area contributed by atoms with Crippen molar-refractivity contribution < 1.29 is 9.59 Å². The van der Waals surface area contributed by atoms with E-state index >= 15 is 0 Å². The summed E-state index contributed by atoms with van der Waals surface area (Å²) < 4.78 is -0.750. The molecule has 0 bridgehead atoms. The van der Waals surface area contributed by atoms with Crippen molar-refractivity contribution in [1.82, 2.24) is 0 Å². The van der Waals surface area contributed by atoms with Gasteiger partial charge in [-0.05, 0) is 49.3 Å². The van der Waals surface area contributed by atoms with Gasteiger partial charge in [-0.15, -0.1) is 0 Å². The van der Waals surface area contributed by atoms with Crippen LogP contribution in [-0.2, 0) is 4.79 Å². The Morgan fingerprint density at radius 3 is 1.78 bits per heavy atom. The lowest BCUT2D eigenvalue weighted by atomic mass is 9.85. The minimum absolute atomic E-state index is 0.423. The molecule has 156 valence electrons. The van der Waals surface area contributed by atoms with E-state index in [9.17, 15) is 9.59 Å². The molecule has 0 spiro atoms. The predicted molar refractivity (Wildman–Crippen MR) is 136 cm³/mol. The highest BCUT2D eigenvalue weighted by Crippen LogP contribution is 2.39. The monoisotopic (exact) mass is 476 g/mol. The van der Waals surface area contributed by atoms with Crippen molar-refractivity contribution in [2.45, 2.75) is 4.30 Å². The second kappa shape index (κ2) is 8.22. The molecule has 5 aromatic carbocycles. The Balaban J connectivity index is 0.000000501. The van der Waals surface area contributed by atoms with E-state index in [-0.39, 0.29) is 0 Å². The standard InChI is InChI=1S/C26H14O2.CHCl3/c27-21-14-13-19-12-11-18-10-9-17-8-7-16-6-5-15-3-1-2-4-20(15)22(16)23(17)24(18)25(19)26(21)28;2-1(3)4/h1-14H;1H. The summed E-state index contributed by atoms with van der Waals surface area (Å²) >= 11 is 14.4. The van der Waals surface area contributed by atoms with E-state index < -0.39 is 15.9 Å². The second-order valence-corrected chi connectivity index (χ2v) is 9.50. The van der Waals surface area contributed by atoms with Crippen LogP contribution in [0.5, 0.6) is 0 Å². The van der Waals surface area contributed by atoms with E-state index in [1.54, 1.807) is 6.08 Å². The summed E-state index contributed by atoms with van der Waals surface area (Å²) in [6, 6.07) is 24.8. The molecule has 0 heterocycles. The number of rotatable bonds is 0. The van der Waals surface area contributed by atoms with Crippen molar-refractivity contribution in [2.75, 3.05) is 0 Å². The van der Waals surface area contributed by atoms with Crippen LogP contribution < -0.4 is 0 Å². The maximum atomic E-state index is 12.9. The summed E-state index contributed by atoms with van der Waals surface area (Å²) in [5.41, 5.74) is 1.33. The number of carbonyl (C=O) groups is 2. The summed E-state index contributed by atoms with van der Waals surface area (Å²) in [7, 11) is 0. The number of carbonyl (C=O) groups excluding carboxylic acids is 2. The molecule has 1 aliphatic carbocycles. The number of Topliss-reactive ketones (excluding diaryl/α,β-unsaturated/α-hetero) is 1. The van der Waals surface area contributed by atoms with Crippen molar-refractivity contribution in [3.8, 4) is 0 Å². The van der Waals surface area contributed by atoms with Gasteiger partial charge in [0.05, 0.1) is 0 Å². The van der Waals surface area contributed by atoms with Gasteiger partial charge in [0.1, 0.15) is 0 Å². The van der Waals surface area contributed by atoms with Crippen molar-refractivity contribution in [3.63, 3.8) is 0 Å². The third-order valence-corrected chi connectivity index (χ3v) is 5.77. The smallest absolute Gasteiger partial charge is 0.234 e. The van der Waals surface area contributed by atoms with Gasteiger partial charge in [0, 0.05) is 10.9 Å². The van der Waals surface area contributed by atoms with Crippen LogP contribution in [0.25, 0.3) is 49.2 Å². The van der Waals surface area contributed by atoms with Gasteiger partial charge in [0.15, 0.2) is 4.30 Å². The molecule has 0 unspecified atom stereocenters. The molecular weight excluding hydrogens is 463 g/mol. The normalized spacial score (nSPS) is 13.1. The summed E-state index contributed by atoms with van der Waals surface area (Å²) in [6.07, 6.45) is 3.12. The fourth-order valence-corrected chi connectivity index (χ4v) is 4.49. The average molecular weight is 478 g/mol. The molecule has 2 nitrogen and oxygen atoms in total. The van der Waals surface area contributed by atoms with Gasteiger partial charge in [-0.1, -0.05) is 114 Å². The van der Waals surface area contributed by atoms with E-state index in [1.165, 1.54) is 6.08 Å². The molecule has 32 heavy (non-hydrogen) atoms. The van der Waals surface area contributed by atoms with Gasteiger partial charge in [0.25, 0.3) is 0 Å². The molecule has 0 amide bonds. The van der Waals surface area contributed by atoms with Gasteiger partial charge in [-0.2, -0.15) is 0 Å². The molecule has 5 heteroatoms. The number of ketones is 2. The van der Waals surface area contributed by atoms with Crippen LogP contribution in [0.4, 0.5) is 0 Å². The average Bonchev–Trinajstić information content (AvgIpc) is 2.80. The highest BCUT2D eigenvalue weighted by molar-refractivity contribution is 6.63. The van der Waals surface area contributed by atoms with Gasteiger partial charge in [-0.25, -0.2) is 0 Å². The molecular formula is C27H15Cl3O2. The van der Waals surface area contributed by atoms with E-state index in [4.69, 9.17) is 34.8 Å². The lowest BCUT2D eigenvalue weighted by molar-refractivity contribution is -0.110. The van der Waals surface area contributed by atoms with Crippen molar-refractivity contribution in [2.24, 2.45) is 0 Å². The third kappa shape index (κ3) is 3.45. The molecule has 0 aromatic heterocycles. The fraction of sp³-hybridized carbons (Fsp3) is 0.0370. The van der Waals surface area contributed by atoms with E-state index in [0.29, 0.717) is 5.56 Å². The first-order valence-corrected chi connectivity index (χ1v) is 11.3. The summed E-state index contributed by atoms with van der Waals surface area (Å²) in [5, 5.41) is 8.53. The first kappa shape index (κ1) is 21.0. The third-order valence-electron chi connectivity index (χ3n) is 5.77. The highest BCUT2D eigenvalue weighted by Gasteiger charge is 2.25. The van der Waals surface area contributed by atoms with Crippen LogP contribution >= 0.6 is 34.8 Å². The van der Waals surface area contributed by atoms with E-state index in [1.807, 2.05) is 30.3 Å². The summed E-state index contributed by atoms with van der Waals surface area (Å²) in [6.45, 7) is 0. The minimum Gasteiger partial charge on any atom is -0.286 e. The first-order chi connectivity index (χ1) is 15.5. The maximum absolute atomic E-state index is 12.9. The molecule has 5 aromatic rings. The molecule has 1 aliphatic rings. The Morgan fingerprint density at radius 2 is 1.09 bits per heavy atom. The molecule has 0 saturated heterocycles.